The van der Waals surface area contributed by atoms with E-state index in [4.69, 9.17) is 10.5 Å². The summed E-state index contributed by atoms with van der Waals surface area (Å²) in [4.78, 5) is 8.75. The molecule has 0 atom stereocenters. The fourth-order valence-electron chi connectivity index (χ4n) is 2.18. The zero-order valence-corrected chi connectivity index (χ0v) is 13.6. The number of imidazole rings is 1. The second-order valence-corrected chi connectivity index (χ2v) is 4.78. The maximum Gasteiger partial charge on any atom is 0.137 e. The van der Waals surface area contributed by atoms with Crippen LogP contribution in [0.3, 0.4) is 0 Å². The van der Waals surface area contributed by atoms with E-state index in [9.17, 15) is 5.11 Å². The summed E-state index contributed by atoms with van der Waals surface area (Å²) >= 11 is 0. The number of nitrogens with two attached hydrogens (primary N) is 1. The summed E-state index contributed by atoms with van der Waals surface area (Å²) in [5.74, 6) is 0.628. The van der Waals surface area contributed by atoms with Gasteiger partial charge in [-0.15, -0.1) is 0 Å². The second kappa shape index (κ2) is 8.38. The SMILES string of the molecule is COC(/C=C\C=N\C(=C/O)c1c(C)nc2ccccn12)=C/C=C/N. The molecule has 0 amide bonds. The van der Waals surface area contributed by atoms with Crippen LogP contribution in [0.15, 0.2) is 71.9 Å². The molecule has 2 heterocycles. The van der Waals surface area contributed by atoms with Crippen molar-refractivity contribution in [3.8, 4) is 0 Å². The molecular formula is C18H20N4O2. The Balaban J connectivity index is 2.25. The van der Waals surface area contributed by atoms with Crippen LogP contribution in [0.2, 0.25) is 0 Å². The number of rotatable bonds is 6. The number of methoxy groups -OCH3 is 1. The van der Waals surface area contributed by atoms with Crippen LogP contribution in [-0.2, 0) is 4.74 Å². The van der Waals surface area contributed by atoms with Crippen LogP contribution >= 0.6 is 0 Å². The van der Waals surface area contributed by atoms with Crippen molar-refractivity contribution in [1.29, 1.82) is 0 Å². The molecule has 6 nitrogen and oxygen atoms in total. The molecule has 0 saturated carbocycles. The number of nitrogens with zero attached hydrogens (tertiary/aromatic N) is 3. The quantitative estimate of drug-likeness (QED) is 0.486. The predicted octanol–water partition coefficient (Wildman–Crippen LogP) is 3.13. The summed E-state index contributed by atoms with van der Waals surface area (Å²) < 4.78 is 7.04. The van der Waals surface area contributed by atoms with Gasteiger partial charge in [0.1, 0.15) is 23.4 Å². The van der Waals surface area contributed by atoms with E-state index in [2.05, 4.69) is 9.98 Å². The van der Waals surface area contributed by atoms with Crippen molar-refractivity contribution in [1.82, 2.24) is 9.38 Å². The Morgan fingerprint density at radius 1 is 1.38 bits per heavy atom. The van der Waals surface area contributed by atoms with Crippen LogP contribution in [0.5, 0.6) is 0 Å². The van der Waals surface area contributed by atoms with Gasteiger partial charge in [-0.2, -0.15) is 0 Å². The highest BCUT2D eigenvalue weighted by Crippen LogP contribution is 2.21. The summed E-state index contributed by atoms with van der Waals surface area (Å²) in [6.07, 6.45) is 12.7. The minimum absolute atomic E-state index is 0.417. The standard InChI is InChI=1S/C18H20N4O2/c1-14-18(22-12-4-3-9-17(22)21-14)16(13-23)20-11-6-8-15(24-2)7-5-10-19/h3-13,23H,19H2,1-2H3/b8-6-,10-5+,15-7+,16-13-,20-11+. The first-order chi connectivity index (χ1) is 11.7. The fraction of sp³-hybridized carbons (Fsp3) is 0.111. The van der Waals surface area contributed by atoms with Crippen LogP contribution in [0.25, 0.3) is 11.3 Å². The van der Waals surface area contributed by atoms with Crippen LogP contribution < -0.4 is 5.73 Å². The Kier molecular flexibility index (Phi) is 5.96. The van der Waals surface area contributed by atoms with Gasteiger partial charge < -0.3 is 15.6 Å². The highest BCUT2D eigenvalue weighted by Gasteiger charge is 2.11. The number of aromatic nitrogens is 2. The minimum Gasteiger partial charge on any atom is -0.513 e. The Morgan fingerprint density at radius 2 is 2.21 bits per heavy atom. The average Bonchev–Trinajstić information content (AvgIpc) is 2.93. The molecule has 0 fully saturated rings. The third-order valence-electron chi connectivity index (χ3n) is 3.24. The second-order valence-electron chi connectivity index (χ2n) is 4.78. The van der Waals surface area contributed by atoms with Crippen molar-refractivity contribution in [2.45, 2.75) is 6.92 Å². The van der Waals surface area contributed by atoms with Crippen LogP contribution in [0.4, 0.5) is 0 Å². The summed E-state index contributed by atoms with van der Waals surface area (Å²) in [6.45, 7) is 1.88. The molecule has 0 spiro atoms. The van der Waals surface area contributed by atoms with Gasteiger partial charge in [-0.3, -0.25) is 9.39 Å². The van der Waals surface area contributed by atoms with E-state index in [1.807, 2.05) is 35.7 Å². The molecule has 3 N–H and O–H groups in total. The fourth-order valence-corrected chi connectivity index (χ4v) is 2.18. The molecule has 0 saturated heterocycles. The number of aliphatic hydroxyl groups is 1. The Bertz CT molecular complexity index is 842. The Labute approximate surface area is 140 Å². The van der Waals surface area contributed by atoms with Gasteiger partial charge in [-0.1, -0.05) is 6.07 Å². The predicted molar refractivity (Wildman–Crippen MR) is 96.6 cm³/mol. The zero-order chi connectivity index (χ0) is 17.4. The van der Waals surface area contributed by atoms with Crippen molar-refractivity contribution in [2.24, 2.45) is 10.7 Å². The van der Waals surface area contributed by atoms with Gasteiger partial charge in [0.25, 0.3) is 0 Å². The van der Waals surface area contributed by atoms with Crippen LogP contribution in [0, 0.1) is 6.92 Å². The maximum absolute atomic E-state index is 9.55. The van der Waals surface area contributed by atoms with E-state index in [1.165, 1.54) is 6.20 Å². The lowest BCUT2D eigenvalue weighted by molar-refractivity contribution is 0.307. The first kappa shape index (κ1) is 17.1. The molecule has 124 valence electrons. The van der Waals surface area contributed by atoms with E-state index in [-0.39, 0.29) is 0 Å². The third kappa shape index (κ3) is 3.92. The summed E-state index contributed by atoms with van der Waals surface area (Å²) in [5.41, 5.74) is 8.03. The molecule has 0 aromatic carbocycles. The third-order valence-corrected chi connectivity index (χ3v) is 3.24. The topological polar surface area (TPSA) is 85.1 Å². The lowest BCUT2D eigenvalue weighted by Gasteiger charge is -2.02. The van der Waals surface area contributed by atoms with Crippen LogP contribution in [-0.4, -0.2) is 27.8 Å². The summed E-state index contributed by atoms with van der Waals surface area (Å²) in [7, 11) is 1.57. The maximum atomic E-state index is 9.55. The molecule has 2 rings (SSSR count). The van der Waals surface area contributed by atoms with Gasteiger partial charge in [0, 0.05) is 12.4 Å². The lowest BCUT2D eigenvalue weighted by Crippen LogP contribution is -1.92. The zero-order valence-electron chi connectivity index (χ0n) is 13.6. The molecule has 24 heavy (non-hydrogen) atoms. The first-order valence-electron chi connectivity index (χ1n) is 7.33. The van der Waals surface area contributed by atoms with Gasteiger partial charge in [-0.25, -0.2) is 4.98 Å². The van der Waals surface area contributed by atoms with Gasteiger partial charge >= 0.3 is 0 Å². The smallest absolute Gasteiger partial charge is 0.137 e. The number of fused-ring (bicyclic) bond motifs is 1. The van der Waals surface area contributed by atoms with Crippen molar-refractivity contribution >= 4 is 17.6 Å². The summed E-state index contributed by atoms with van der Waals surface area (Å²) in [6, 6.07) is 5.71. The monoisotopic (exact) mass is 324 g/mol. The molecule has 0 bridgehead atoms. The average molecular weight is 324 g/mol. The van der Waals surface area contributed by atoms with Crippen molar-refractivity contribution in [3.63, 3.8) is 0 Å². The molecule has 0 unspecified atom stereocenters. The van der Waals surface area contributed by atoms with Gasteiger partial charge in [-0.05, 0) is 49.6 Å². The van der Waals surface area contributed by atoms with E-state index in [0.717, 1.165) is 23.3 Å². The number of aryl methyl sites for hydroxylation is 1. The number of aliphatic hydroxyl groups excluding tert-OH is 1. The molecule has 2 aromatic rings. The molecule has 6 heteroatoms. The summed E-state index contributed by atoms with van der Waals surface area (Å²) in [5, 5.41) is 9.55. The van der Waals surface area contributed by atoms with Crippen LogP contribution in [0.1, 0.15) is 11.4 Å². The molecular weight excluding hydrogens is 304 g/mol. The van der Waals surface area contributed by atoms with E-state index in [1.54, 1.807) is 37.6 Å². The molecule has 0 radical (unpaired) electrons. The van der Waals surface area contributed by atoms with Gasteiger partial charge in [0.05, 0.1) is 18.5 Å². The van der Waals surface area contributed by atoms with Crippen molar-refractivity contribution in [3.05, 3.63) is 78.3 Å². The first-order valence-corrected chi connectivity index (χ1v) is 7.33. The Hall–Kier alpha value is -3.28. The van der Waals surface area contributed by atoms with E-state index >= 15 is 0 Å². The molecule has 2 aromatic heterocycles. The minimum atomic E-state index is 0.417. The van der Waals surface area contributed by atoms with E-state index in [0.29, 0.717) is 11.5 Å². The normalized spacial score (nSPS) is 13.8. The number of aliphatic imine (C=N–C) groups is 1. The number of pyridine rings is 1. The number of allylic oxidation sites excluding steroid dienone is 4. The largest absolute Gasteiger partial charge is 0.513 e. The number of hydrogen-bond donors (Lipinski definition) is 2. The highest BCUT2D eigenvalue weighted by atomic mass is 16.5. The van der Waals surface area contributed by atoms with Gasteiger partial charge in [0.15, 0.2) is 0 Å². The highest BCUT2D eigenvalue weighted by molar-refractivity contribution is 5.80. The Morgan fingerprint density at radius 3 is 2.92 bits per heavy atom. The van der Waals surface area contributed by atoms with Crippen molar-refractivity contribution < 1.29 is 9.84 Å². The molecule has 0 aliphatic heterocycles. The molecule has 0 aliphatic carbocycles. The van der Waals surface area contributed by atoms with Crippen molar-refractivity contribution in [2.75, 3.05) is 7.11 Å². The lowest BCUT2D eigenvalue weighted by atomic mass is 10.3. The molecule has 0 aliphatic rings. The van der Waals surface area contributed by atoms with E-state index < -0.39 is 0 Å². The number of ether oxygens (including phenoxy) is 1. The number of hydrogen-bond acceptors (Lipinski definition) is 5. The van der Waals surface area contributed by atoms with Gasteiger partial charge in [0.2, 0.25) is 0 Å².